The van der Waals surface area contributed by atoms with Gasteiger partial charge < -0.3 is 0 Å². The molecule has 0 bridgehead atoms. The molecule has 2 aromatic carbocycles. The van der Waals surface area contributed by atoms with Crippen molar-refractivity contribution >= 4 is 11.4 Å². The average molecular weight is 195 g/mol. The average Bonchev–Trinajstić information content (AvgIpc) is 2.29. The number of rotatable bonds is 2. The van der Waals surface area contributed by atoms with Crippen LogP contribution in [0.15, 0.2) is 64.8 Å². The highest BCUT2D eigenvalue weighted by molar-refractivity contribution is 5.47. The van der Waals surface area contributed by atoms with Crippen LogP contribution in [-0.4, -0.2) is 0 Å². The fraction of sp³-hybridized carbons (Fsp3) is 0. The highest BCUT2D eigenvalue weighted by Gasteiger charge is 1.93. The van der Waals surface area contributed by atoms with Crippen molar-refractivity contribution in [2.75, 3.05) is 0 Å². The van der Waals surface area contributed by atoms with E-state index >= 15 is 0 Å². The fourth-order valence-electron chi connectivity index (χ4n) is 1.21. The van der Waals surface area contributed by atoms with Gasteiger partial charge in [0.1, 0.15) is 0 Å². The van der Waals surface area contributed by atoms with Gasteiger partial charge in [-0.2, -0.15) is 10.2 Å². The molecule has 0 fully saturated rings. The first-order chi connectivity index (χ1) is 7.36. The van der Waals surface area contributed by atoms with Crippen molar-refractivity contribution in [3.8, 4) is 0 Å². The number of hydrogen-bond acceptors (Lipinski definition) is 2. The molecule has 1 radical (unpaired) electrons. The van der Waals surface area contributed by atoms with Gasteiger partial charge in [-0.3, -0.25) is 0 Å². The van der Waals surface area contributed by atoms with Gasteiger partial charge in [-0.05, 0) is 30.7 Å². The normalized spacial score (nSPS) is 10.7. The lowest BCUT2D eigenvalue weighted by Gasteiger charge is -1.96. The van der Waals surface area contributed by atoms with E-state index in [9.17, 15) is 0 Å². The van der Waals surface area contributed by atoms with E-state index in [4.69, 9.17) is 0 Å². The molecule has 0 N–H and O–H groups in total. The second-order valence-electron chi connectivity index (χ2n) is 3.16. The Morgan fingerprint density at radius 3 is 2.13 bits per heavy atom. The maximum absolute atomic E-state index is 4.14. The predicted octanol–water partition coefficient (Wildman–Crippen LogP) is 4.28. The van der Waals surface area contributed by atoms with Gasteiger partial charge in [0.2, 0.25) is 0 Å². The predicted molar refractivity (Wildman–Crippen MR) is 61.5 cm³/mol. The molecule has 2 heteroatoms. The third-order valence-corrected chi connectivity index (χ3v) is 2.02. The standard InChI is InChI=1S/C13H11N2/c1-11-7-5-6-10-13(11)15-14-12-8-3-2-4-9-12/h2-10H,1H2/b15-14+. The zero-order valence-corrected chi connectivity index (χ0v) is 8.30. The molecule has 0 aromatic heterocycles. The molecule has 0 spiro atoms. The summed E-state index contributed by atoms with van der Waals surface area (Å²) in [6, 6.07) is 17.3. The summed E-state index contributed by atoms with van der Waals surface area (Å²) in [6.45, 7) is 3.88. The first kappa shape index (κ1) is 9.59. The maximum atomic E-state index is 4.14. The lowest BCUT2D eigenvalue weighted by Crippen LogP contribution is -1.70. The second-order valence-corrected chi connectivity index (χ2v) is 3.16. The largest absolute Gasteiger partial charge is 0.151 e. The van der Waals surface area contributed by atoms with Crippen LogP contribution in [0.3, 0.4) is 0 Å². The first-order valence-electron chi connectivity index (χ1n) is 4.74. The molecule has 2 nitrogen and oxygen atoms in total. The van der Waals surface area contributed by atoms with Crippen molar-refractivity contribution in [3.05, 3.63) is 67.1 Å². The summed E-state index contributed by atoms with van der Waals surface area (Å²) in [4.78, 5) is 0. The van der Waals surface area contributed by atoms with Crippen molar-refractivity contribution in [2.45, 2.75) is 0 Å². The Hall–Kier alpha value is -1.96. The summed E-state index contributed by atoms with van der Waals surface area (Å²) in [6.07, 6.45) is 0. The number of hydrogen-bond donors (Lipinski definition) is 0. The highest BCUT2D eigenvalue weighted by Crippen LogP contribution is 2.20. The molecule has 0 atom stereocenters. The Morgan fingerprint density at radius 1 is 0.733 bits per heavy atom. The van der Waals surface area contributed by atoms with E-state index in [0.29, 0.717) is 0 Å². The minimum absolute atomic E-state index is 0.807. The molecular formula is C13H11N2. The van der Waals surface area contributed by atoms with Gasteiger partial charge in [0.05, 0.1) is 11.4 Å². The van der Waals surface area contributed by atoms with Crippen LogP contribution >= 0.6 is 0 Å². The van der Waals surface area contributed by atoms with Crippen LogP contribution in [-0.2, 0) is 0 Å². The summed E-state index contributed by atoms with van der Waals surface area (Å²) in [5.74, 6) is 0. The summed E-state index contributed by atoms with van der Waals surface area (Å²) in [7, 11) is 0. The van der Waals surface area contributed by atoms with Crippen LogP contribution in [0, 0.1) is 6.92 Å². The van der Waals surface area contributed by atoms with Crippen LogP contribution in [0.4, 0.5) is 11.4 Å². The molecule has 2 aromatic rings. The third-order valence-electron chi connectivity index (χ3n) is 2.02. The molecular weight excluding hydrogens is 184 g/mol. The minimum Gasteiger partial charge on any atom is -0.151 e. The maximum Gasteiger partial charge on any atom is 0.0889 e. The Labute approximate surface area is 89.3 Å². The Bertz CT molecular complexity index is 461. The Morgan fingerprint density at radius 2 is 1.40 bits per heavy atom. The molecule has 0 unspecified atom stereocenters. The number of nitrogens with zero attached hydrogens (tertiary/aromatic N) is 2. The molecule has 2 rings (SSSR count). The summed E-state index contributed by atoms with van der Waals surface area (Å²) in [5.41, 5.74) is 2.54. The van der Waals surface area contributed by atoms with Crippen LogP contribution in [0.2, 0.25) is 0 Å². The Kier molecular flexibility index (Phi) is 2.88. The van der Waals surface area contributed by atoms with E-state index in [1.807, 2.05) is 54.6 Å². The van der Waals surface area contributed by atoms with Gasteiger partial charge in [-0.15, -0.1) is 0 Å². The van der Waals surface area contributed by atoms with E-state index in [1.54, 1.807) is 0 Å². The van der Waals surface area contributed by atoms with Gasteiger partial charge >= 0.3 is 0 Å². The smallest absolute Gasteiger partial charge is 0.0889 e. The van der Waals surface area contributed by atoms with Gasteiger partial charge in [0.15, 0.2) is 0 Å². The summed E-state index contributed by atoms with van der Waals surface area (Å²) >= 11 is 0. The monoisotopic (exact) mass is 195 g/mol. The molecule has 0 heterocycles. The molecule has 73 valence electrons. The van der Waals surface area contributed by atoms with Gasteiger partial charge in [-0.25, -0.2) is 0 Å². The minimum atomic E-state index is 0.807. The zero-order valence-electron chi connectivity index (χ0n) is 8.30. The van der Waals surface area contributed by atoms with Gasteiger partial charge in [0.25, 0.3) is 0 Å². The summed E-state index contributed by atoms with van der Waals surface area (Å²) < 4.78 is 0. The van der Waals surface area contributed by atoms with Crippen LogP contribution < -0.4 is 0 Å². The molecule has 0 amide bonds. The van der Waals surface area contributed by atoms with Gasteiger partial charge in [-0.1, -0.05) is 36.4 Å². The zero-order chi connectivity index (χ0) is 10.5. The van der Waals surface area contributed by atoms with Crippen molar-refractivity contribution in [3.63, 3.8) is 0 Å². The van der Waals surface area contributed by atoms with Crippen molar-refractivity contribution in [1.29, 1.82) is 0 Å². The third kappa shape index (κ3) is 2.50. The van der Waals surface area contributed by atoms with E-state index in [2.05, 4.69) is 17.2 Å². The molecule has 0 aliphatic rings. The van der Waals surface area contributed by atoms with Crippen molar-refractivity contribution in [2.24, 2.45) is 10.2 Å². The topological polar surface area (TPSA) is 24.7 Å². The second kappa shape index (κ2) is 4.51. The van der Waals surface area contributed by atoms with E-state index in [0.717, 1.165) is 16.9 Å². The van der Waals surface area contributed by atoms with E-state index in [1.165, 1.54) is 0 Å². The first-order valence-corrected chi connectivity index (χ1v) is 4.74. The molecule has 0 aliphatic carbocycles. The molecule has 15 heavy (non-hydrogen) atoms. The lowest BCUT2D eigenvalue weighted by molar-refractivity contribution is 1.22. The Balaban J connectivity index is 2.23. The van der Waals surface area contributed by atoms with E-state index in [-0.39, 0.29) is 0 Å². The highest BCUT2D eigenvalue weighted by atomic mass is 15.1. The number of azo groups is 1. The van der Waals surface area contributed by atoms with Crippen LogP contribution in [0.1, 0.15) is 5.56 Å². The summed E-state index contributed by atoms with van der Waals surface area (Å²) in [5, 5.41) is 8.26. The SMILES string of the molecule is [CH2]c1ccccc1/N=N/c1ccccc1. The molecule has 0 aliphatic heterocycles. The quantitative estimate of drug-likeness (QED) is 0.639. The van der Waals surface area contributed by atoms with Crippen molar-refractivity contribution in [1.82, 2.24) is 0 Å². The fourth-order valence-corrected chi connectivity index (χ4v) is 1.21. The van der Waals surface area contributed by atoms with Crippen LogP contribution in [0.25, 0.3) is 0 Å². The molecule has 0 saturated heterocycles. The number of benzene rings is 2. The molecule has 0 saturated carbocycles. The van der Waals surface area contributed by atoms with Gasteiger partial charge in [0, 0.05) is 0 Å². The lowest BCUT2D eigenvalue weighted by atomic mass is 10.2. The van der Waals surface area contributed by atoms with E-state index < -0.39 is 0 Å². The van der Waals surface area contributed by atoms with Crippen molar-refractivity contribution < 1.29 is 0 Å². The van der Waals surface area contributed by atoms with Crippen LogP contribution in [0.5, 0.6) is 0 Å².